The van der Waals surface area contributed by atoms with Gasteiger partial charge in [0.1, 0.15) is 5.75 Å². The Morgan fingerprint density at radius 2 is 2.11 bits per heavy atom. The highest BCUT2D eigenvalue weighted by atomic mass is 16.3. The van der Waals surface area contributed by atoms with Crippen molar-refractivity contribution in [2.75, 3.05) is 11.9 Å². The second-order valence-electron chi connectivity index (χ2n) is 5.49. The van der Waals surface area contributed by atoms with Gasteiger partial charge in [-0.1, -0.05) is 6.92 Å². The lowest BCUT2D eigenvalue weighted by Gasteiger charge is -2.29. The van der Waals surface area contributed by atoms with E-state index in [0.29, 0.717) is 5.92 Å². The molecule has 0 radical (unpaired) electrons. The Hall–Kier alpha value is -1.55. The molecule has 0 aliphatic carbocycles. The fraction of sp³-hybridized carbons (Fsp3) is 0.533. The molecule has 1 aliphatic rings. The van der Waals surface area contributed by atoms with E-state index in [4.69, 9.17) is 0 Å². The first kappa shape index (κ1) is 13.9. The maximum Gasteiger partial charge on any atom is 0.241 e. The number of amides is 1. The fourth-order valence-corrected chi connectivity index (χ4v) is 2.55. The van der Waals surface area contributed by atoms with Crippen molar-refractivity contribution < 1.29 is 9.90 Å². The molecule has 19 heavy (non-hydrogen) atoms. The number of anilines is 1. The summed E-state index contributed by atoms with van der Waals surface area (Å²) in [6, 6.07) is 3.38. The number of carbonyl (C=O) groups excluding carboxylic acids is 1. The van der Waals surface area contributed by atoms with Gasteiger partial charge < -0.3 is 15.7 Å². The van der Waals surface area contributed by atoms with E-state index < -0.39 is 0 Å². The van der Waals surface area contributed by atoms with Gasteiger partial charge in [0.2, 0.25) is 5.91 Å². The van der Waals surface area contributed by atoms with Gasteiger partial charge in [-0.3, -0.25) is 4.79 Å². The van der Waals surface area contributed by atoms with Gasteiger partial charge >= 0.3 is 0 Å². The maximum atomic E-state index is 12.3. The topological polar surface area (TPSA) is 61.4 Å². The molecule has 0 aromatic heterocycles. The normalized spacial score (nSPS) is 23.1. The summed E-state index contributed by atoms with van der Waals surface area (Å²) in [5.74, 6) is 0.632. The van der Waals surface area contributed by atoms with Crippen LogP contribution in [0.2, 0.25) is 0 Å². The summed E-state index contributed by atoms with van der Waals surface area (Å²) >= 11 is 0. The van der Waals surface area contributed by atoms with Crippen LogP contribution in [0.25, 0.3) is 0 Å². The first-order chi connectivity index (χ1) is 8.99. The number of aromatic hydroxyl groups is 1. The molecule has 0 bridgehead atoms. The van der Waals surface area contributed by atoms with Crippen LogP contribution in [-0.2, 0) is 4.79 Å². The number of benzene rings is 1. The van der Waals surface area contributed by atoms with Crippen molar-refractivity contribution in [1.29, 1.82) is 0 Å². The van der Waals surface area contributed by atoms with E-state index in [-0.39, 0.29) is 17.7 Å². The number of phenolic OH excluding ortho intramolecular Hbond substituents is 1. The van der Waals surface area contributed by atoms with Crippen LogP contribution in [0.15, 0.2) is 12.1 Å². The van der Waals surface area contributed by atoms with Crippen molar-refractivity contribution in [3.8, 4) is 5.75 Å². The van der Waals surface area contributed by atoms with E-state index in [1.807, 2.05) is 19.9 Å². The third kappa shape index (κ3) is 3.07. The van der Waals surface area contributed by atoms with E-state index >= 15 is 0 Å². The quantitative estimate of drug-likeness (QED) is 0.717. The number of aryl methyl sites for hydroxylation is 2. The Kier molecular flexibility index (Phi) is 4.10. The van der Waals surface area contributed by atoms with Gasteiger partial charge in [0.15, 0.2) is 0 Å². The van der Waals surface area contributed by atoms with Crippen LogP contribution in [0, 0.1) is 19.8 Å². The molecule has 1 aromatic rings. The van der Waals surface area contributed by atoms with Crippen LogP contribution in [0.1, 0.15) is 30.9 Å². The molecule has 1 amide bonds. The van der Waals surface area contributed by atoms with Crippen LogP contribution >= 0.6 is 0 Å². The molecule has 1 saturated heterocycles. The summed E-state index contributed by atoms with van der Waals surface area (Å²) < 4.78 is 0. The molecule has 1 aliphatic heterocycles. The van der Waals surface area contributed by atoms with E-state index in [2.05, 4.69) is 17.6 Å². The van der Waals surface area contributed by atoms with Crippen LogP contribution in [-0.4, -0.2) is 23.6 Å². The molecule has 104 valence electrons. The third-order valence-electron chi connectivity index (χ3n) is 3.85. The minimum atomic E-state index is -0.123. The van der Waals surface area contributed by atoms with Gasteiger partial charge in [-0.25, -0.2) is 0 Å². The van der Waals surface area contributed by atoms with Gasteiger partial charge in [0.25, 0.3) is 0 Å². The van der Waals surface area contributed by atoms with Gasteiger partial charge in [-0.05, 0) is 62.4 Å². The molecule has 2 rings (SSSR count). The van der Waals surface area contributed by atoms with E-state index in [0.717, 1.165) is 36.2 Å². The number of carbonyl (C=O) groups is 1. The summed E-state index contributed by atoms with van der Waals surface area (Å²) in [5.41, 5.74) is 2.42. The lowest BCUT2D eigenvalue weighted by atomic mass is 9.92. The average Bonchev–Trinajstić information content (AvgIpc) is 2.36. The second kappa shape index (κ2) is 5.61. The Morgan fingerprint density at radius 3 is 2.79 bits per heavy atom. The SMILES string of the molecule is Cc1cc(NC(=O)C2NCCCC2C)c(C)cc1O. The molecular formula is C15H22N2O2. The third-order valence-corrected chi connectivity index (χ3v) is 3.85. The molecule has 4 heteroatoms. The van der Waals surface area contributed by atoms with Crippen LogP contribution < -0.4 is 10.6 Å². The lowest BCUT2D eigenvalue weighted by molar-refractivity contribution is -0.119. The van der Waals surface area contributed by atoms with Crippen molar-refractivity contribution in [2.45, 2.75) is 39.7 Å². The Bertz CT molecular complexity index is 485. The monoisotopic (exact) mass is 262 g/mol. The minimum Gasteiger partial charge on any atom is -0.508 e. The molecule has 1 heterocycles. The number of hydrogen-bond acceptors (Lipinski definition) is 3. The van der Waals surface area contributed by atoms with Gasteiger partial charge in [-0.15, -0.1) is 0 Å². The summed E-state index contributed by atoms with van der Waals surface area (Å²) in [7, 11) is 0. The molecule has 0 saturated carbocycles. The predicted octanol–water partition coefficient (Wildman–Crippen LogP) is 2.34. The number of nitrogens with one attached hydrogen (secondary N) is 2. The fourth-order valence-electron chi connectivity index (χ4n) is 2.55. The molecular weight excluding hydrogens is 240 g/mol. The molecule has 1 aromatic carbocycles. The molecule has 4 nitrogen and oxygen atoms in total. The van der Waals surface area contributed by atoms with E-state index in [9.17, 15) is 9.90 Å². The van der Waals surface area contributed by atoms with Crippen LogP contribution in [0.5, 0.6) is 5.75 Å². The van der Waals surface area contributed by atoms with Crippen LogP contribution in [0.4, 0.5) is 5.69 Å². The largest absolute Gasteiger partial charge is 0.508 e. The van der Waals surface area contributed by atoms with E-state index in [1.54, 1.807) is 6.07 Å². The standard InChI is InChI=1S/C15H22N2O2/c1-9-5-4-6-16-14(9)15(19)17-12-7-11(3)13(18)8-10(12)2/h7-9,14,16,18H,4-6H2,1-3H3,(H,17,19). The lowest BCUT2D eigenvalue weighted by Crippen LogP contribution is -2.48. The number of hydrogen-bond donors (Lipinski definition) is 3. The smallest absolute Gasteiger partial charge is 0.241 e. The predicted molar refractivity (Wildman–Crippen MR) is 76.4 cm³/mol. The van der Waals surface area contributed by atoms with Gasteiger partial charge in [0, 0.05) is 5.69 Å². The highest BCUT2D eigenvalue weighted by Crippen LogP contribution is 2.26. The molecule has 3 N–H and O–H groups in total. The summed E-state index contributed by atoms with van der Waals surface area (Å²) in [6.07, 6.45) is 2.21. The highest BCUT2D eigenvalue weighted by molar-refractivity contribution is 5.96. The molecule has 1 fully saturated rings. The van der Waals surface area contributed by atoms with Gasteiger partial charge in [0.05, 0.1) is 6.04 Å². The highest BCUT2D eigenvalue weighted by Gasteiger charge is 2.27. The number of rotatable bonds is 2. The first-order valence-corrected chi connectivity index (χ1v) is 6.83. The first-order valence-electron chi connectivity index (χ1n) is 6.83. The van der Waals surface area contributed by atoms with E-state index in [1.165, 1.54) is 0 Å². The summed E-state index contributed by atoms with van der Waals surface area (Å²) in [4.78, 5) is 12.3. The van der Waals surface area contributed by atoms with Crippen LogP contribution in [0.3, 0.4) is 0 Å². The zero-order chi connectivity index (χ0) is 14.0. The van der Waals surface area contributed by atoms with Crippen molar-refractivity contribution in [1.82, 2.24) is 5.32 Å². The number of phenols is 1. The molecule has 0 spiro atoms. The Morgan fingerprint density at radius 1 is 1.37 bits per heavy atom. The van der Waals surface area contributed by atoms with Crippen molar-refractivity contribution in [3.63, 3.8) is 0 Å². The average molecular weight is 262 g/mol. The van der Waals surface area contributed by atoms with Crippen molar-refractivity contribution >= 4 is 11.6 Å². The van der Waals surface area contributed by atoms with Crippen molar-refractivity contribution in [3.05, 3.63) is 23.3 Å². The van der Waals surface area contributed by atoms with Gasteiger partial charge in [-0.2, -0.15) is 0 Å². The maximum absolute atomic E-state index is 12.3. The second-order valence-corrected chi connectivity index (χ2v) is 5.49. The Labute approximate surface area is 114 Å². The molecule has 2 unspecified atom stereocenters. The molecule has 2 atom stereocenters. The summed E-state index contributed by atoms with van der Waals surface area (Å²) in [6.45, 7) is 6.71. The van der Waals surface area contributed by atoms with Crippen molar-refractivity contribution in [2.24, 2.45) is 5.92 Å². The minimum absolute atomic E-state index is 0.0142. The Balaban J connectivity index is 2.12. The zero-order valence-corrected chi connectivity index (χ0v) is 11.8. The summed E-state index contributed by atoms with van der Waals surface area (Å²) in [5, 5.41) is 15.9. The number of piperidine rings is 1. The zero-order valence-electron chi connectivity index (χ0n) is 11.8.